The van der Waals surface area contributed by atoms with E-state index in [4.69, 9.17) is 15.3 Å². The van der Waals surface area contributed by atoms with Gasteiger partial charge in [0.15, 0.2) is 0 Å². The van der Waals surface area contributed by atoms with E-state index in [0.717, 1.165) is 0 Å². The summed E-state index contributed by atoms with van der Waals surface area (Å²) in [6.45, 7) is 1.68. The maximum atomic E-state index is 10.4. The summed E-state index contributed by atoms with van der Waals surface area (Å²) < 4.78 is 0. The third kappa shape index (κ3) is 1.35. The second kappa shape index (κ2) is 2.77. The zero-order valence-corrected chi connectivity index (χ0v) is 6.14. The molecule has 5 N–H and O–H groups in total. The van der Waals surface area contributed by atoms with Gasteiger partial charge in [-0.1, -0.05) is 0 Å². The minimum Gasteiger partial charge on any atom is -0.477 e. The highest BCUT2D eigenvalue weighted by atomic mass is 16.4. The number of aliphatic hydroxyl groups excluding tert-OH is 2. The zero-order chi connectivity index (χ0) is 8.59. The number of hydrogen-bond donors (Lipinski definition) is 4. The van der Waals surface area contributed by atoms with Crippen LogP contribution >= 0.6 is 0 Å². The molecule has 1 rings (SSSR count). The molecule has 0 unspecified atom stereocenters. The van der Waals surface area contributed by atoms with Gasteiger partial charge >= 0.3 is 5.97 Å². The summed E-state index contributed by atoms with van der Waals surface area (Å²) in [6.07, 6.45) is -2.08. The predicted molar refractivity (Wildman–Crippen MR) is 34.8 cm³/mol. The SMILES string of the molecule is C[C@H]1[NH2+][C@@H](C(=O)O)[C@H](O)[C@@H]1O. The van der Waals surface area contributed by atoms with E-state index in [1.54, 1.807) is 6.92 Å². The molecule has 0 bridgehead atoms. The van der Waals surface area contributed by atoms with E-state index in [2.05, 4.69) is 0 Å². The van der Waals surface area contributed by atoms with E-state index in [9.17, 15) is 4.79 Å². The van der Waals surface area contributed by atoms with Gasteiger partial charge in [0, 0.05) is 0 Å². The third-order valence-corrected chi connectivity index (χ3v) is 2.05. The summed E-state index contributed by atoms with van der Waals surface area (Å²) in [6, 6.07) is -1.16. The minimum absolute atomic E-state index is 0.244. The molecular weight excluding hydrogens is 150 g/mol. The average molecular weight is 162 g/mol. The standard InChI is InChI=1S/C6H11NO4/c1-2-4(8)5(9)3(7-2)6(10)11/h2-5,7-9H,1H3,(H,10,11)/p+1/t2-,3-,4-,5+/m1/s1. The van der Waals surface area contributed by atoms with Gasteiger partial charge in [0.05, 0.1) is 0 Å². The summed E-state index contributed by atoms with van der Waals surface area (Å²) in [7, 11) is 0. The van der Waals surface area contributed by atoms with Gasteiger partial charge in [-0.2, -0.15) is 0 Å². The van der Waals surface area contributed by atoms with E-state index in [0.29, 0.717) is 0 Å². The minimum atomic E-state index is -1.15. The molecule has 0 amide bonds. The first-order valence-electron chi connectivity index (χ1n) is 3.48. The van der Waals surface area contributed by atoms with Crippen molar-refractivity contribution in [2.75, 3.05) is 0 Å². The highest BCUT2D eigenvalue weighted by molar-refractivity contribution is 5.72. The molecule has 0 spiro atoms. The van der Waals surface area contributed by atoms with Crippen LogP contribution in [-0.2, 0) is 4.79 Å². The van der Waals surface area contributed by atoms with Crippen LogP contribution < -0.4 is 5.32 Å². The zero-order valence-electron chi connectivity index (χ0n) is 6.14. The Bertz CT molecular complexity index is 172. The summed E-state index contributed by atoms with van der Waals surface area (Å²) in [5.41, 5.74) is 0. The number of quaternary nitrogens is 1. The first kappa shape index (κ1) is 8.45. The molecule has 64 valence electrons. The fourth-order valence-corrected chi connectivity index (χ4v) is 1.31. The van der Waals surface area contributed by atoms with Crippen molar-refractivity contribution < 1.29 is 25.4 Å². The van der Waals surface area contributed by atoms with Crippen molar-refractivity contribution in [1.29, 1.82) is 0 Å². The molecule has 5 heteroatoms. The van der Waals surface area contributed by atoms with E-state index < -0.39 is 24.2 Å². The van der Waals surface area contributed by atoms with Gasteiger partial charge in [0.25, 0.3) is 0 Å². The lowest BCUT2D eigenvalue weighted by Gasteiger charge is -2.06. The molecule has 0 saturated carbocycles. The number of hydrogen-bond acceptors (Lipinski definition) is 3. The number of carboxylic acid groups (broad SMARTS) is 1. The Kier molecular flexibility index (Phi) is 2.12. The molecule has 1 aliphatic heterocycles. The van der Waals surface area contributed by atoms with Gasteiger partial charge in [-0.15, -0.1) is 0 Å². The number of aliphatic carboxylic acids is 1. The van der Waals surface area contributed by atoms with Crippen LogP contribution in [0.2, 0.25) is 0 Å². The van der Waals surface area contributed by atoms with Crippen molar-refractivity contribution in [1.82, 2.24) is 0 Å². The molecule has 1 fully saturated rings. The smallest absolute Gasteiger partial charge is 0.365 e. The molecule has 1 aliphatic rings. The highest BCUT2D eigenvalue weighted by Crippen LogP contribution is 2.06. The van der Waals surface area contributed by atoms with E-state index in [-0.39, 0.29) is 6.04 Å². The largest absolute Gasteiger partial charge is 0.477 e. The fraction of sp³-hybridized carbons (Fsp3) is 0.833. The molecule has 0 aromatic carbocycles. The van der Waals surface area contributed by atoms with Crippen molar-refractivity contribution in [3.05, 3.63) is 0 Å². The van der Waals surface area contributed by atoms with Crippen LogP contribution in [0.4, 0.5) is 0 Å². The molecule has 5 nitrogen and oxygen atoms in total. The number of rotatable bonds is 1. The predicted octanol–water partition coefficient (Wildman–Crippen LogP) is -2.87. The molecular formula is C6H12NO4+. The Morgan fingerprint density at radius 3 is 2.09 bits per heavy atom. The maximum Gasteiger partial charge on any atom is 0.365 e. The van der Waals surface area contributed by atoms with Crippen LogP contribution in [0.15, 0.2) is 0 Å². The van der Waals surface area contributed by atoms with Crippen LogP contribution in [0.3, 0.4) is 0 Å². The Morgan fingerprint density at radius 2 is 1.91 bits per heavy atom. The summed E-state index contributed by atoms with van der Waals surface area (Å²) in [5.74, 6) is -1.08. The van der Waals surface area contributed by atoms with Gasteiger partial charge in [-0.25, -0.2) is 4.79 Å². The van der Waals surface area contributed by atoms with E-state index >= 15 is 0 Å². The normalized spacial score (nSPS) is 44.3. The first-order valence-corrected chi connectivity index (χ1v) is 3.48. The van der Waals surface area contributed by atoms with Crippen LogP contribution in [0.1, 0.15) is 6.92 Å². The lowest BCUT2D eigenvalue weighted by atomic mass is 10.1. The van der Waals surface area contributed by atoms with Gasteiger partial charge in [0.1, 0.15) is 18.2 Å². The van der Waals surface area contributed by atoms with Gasteiger partial charge in [0.2, 0.25) is 6.04 Å². The second-order valence-electron chi connectivity index (χ2n) is 2.90. The Balaban J connectivity index is 2.67. The summed E-state index contributed by atoms with van der Waals surface area (Å²) in [5, 5.41) is 28.2. The summed E-state index contributed by atoms with van der Waals surface area (Å²) in [4.78, 5) is 10.4. The Labute approximate surface area is 63.7 Å². The molecule has 0 aliphatic carbocycles. The van der Waals surface area contributed by atoms with Crippen molar-refractivity contribution >= 4 is 5.97 Å². The van der Waals surface area contributed by atoms with Crippen molar-refractivity contribution in [3.8, 4) is 0 Å². The van der Waals surface area contributed by atoms with Crippen LogP contribution in [0.5, 0.6) is 0 Å². The average Bonchev–Trinajstić information content (AvgIpc) is 2.17. The number of aliphatic hydroxyl groups is 2. The lowest BCUT2D eigenvalue weighted by molar-refractivity contribution is -0.693. The van der Waals surface area contributed by atoms with Crippen LogP contribution in [0.25, 0.3) is 0 Å². The highest BCUT2D eigenvalue weighted by Gasteiger charge is 2.46. The van der Waals surface area contributed by atoms with Crippen LogP contribution in [-0.4, -0.2) is 45.6 Å². The summed E-state index contributed by atoms with van der Waals surface area (Å²) >= 11 is 0. The van der Waals surface area contributed by atoms with Crippen molar-refractivity contribution in [3.63, 3.8) is 0 Å². The van der Waals surface area contributed by atoms with Gasteiger partial charge in [-0.05, 0) is 6.92 Å². The van der Waals surface area contributed by atoms with Crippen molar-refractivity contribution in [2.45, 2.75) is 31.2 Å². The third-order valence-electron chi connectivity index (χ3n) is 2.05. The second-order valence-corrected chi connectivity index (χ2v) is 2.90. The molecule has 0 aromatic rings. The molecule has 0 radical (unpaired) electrons. The van der Waals surface area contributed by atoms with E-state index in [1.807, 2.05) is 0 Å². The lowest BCUT2D eigenvalue weighted by Crippen LogP contribution is -2.94. The van der Waals surface area contributed by atoms with Gasteiger partial charge < -0.3 is 20.6 Å². The molecule has 1 saturated heterocycles. The topological polar surface area (TPSA) is 94.4 Å². The fourth-order valence-electron chi connectivity index (χ4n) is 1.31. The first-order chi connectivity index (χ1) is 5.04. The molecule has 4 atom stereocenters. The number of carboxylic acids is 1. The molecule has 11 heavy (non-hydrogen) atoms. The number of carbonyl (C=O) groups is 1. The van der Waals surface area contributed by atoms with Crippen LogP contribution in [0, 0.1) is 0 Å². The maximum absolute atomic E-state index is 10.4. The Morgan fingerprint density at radius 1 is 1.36 bits per heavy atom. The quantitative estimate of drug-likeness (QED) is 0.333. The monoisotopic (exact) mass is 162 g/mol. The van der Waals surface area contributed by atoms with E-state index in [1.165, 1.54) is 5.32 Å². The molecule has 1 heterocycles. The van der Waals surface area contributed by atoms with Crippen molar-refractivity contribution in [2.24, 2.45) is 0 Å². The Hall–Kier alpha value is -0.650. The van der Waals surface area contributed by atoms with Gasteiger partial charge in [-0.3, -0.25) is 0 Å². The molecule has 0 aromatic heterocycles. The number of nitrogens with two attached hydrogens (primary N) is 1.